The van der Waals surface area contributed by atoms with Crippen molar-refractivity contribution >= 4 is 28.4 Å². The fourth-order valence-electron chi connectivity index (χ4n) is 3.63. The van der Waals surface area contributed by atoms with Gasteiger partial charge < -0.3 is 19.2 Å². The molecule has 1 atom stereocenters. The summed E-state index contributed by atoms with van der Waals surface area (Å²) < 4.78 is 11.2. The third-order valence-electron chi connectivity index (χ3n) is 5.03. The second-order valence-corrected chi connectivity index (χ2v) is 6.73. The van der Waals surface area contributed by atoms with Gasteiger partial charge in [-0.2, -0.15) is 0 Å². The summed E-state index contributed by atoms with van der Waals surface area (Å²) in [7, 11) is 1.59. The summed E-state index contributed by atoms with van der Waals surface area (Å²) >= 11 is 0. The number of aryl methyl sites for hydroxylation is 2. The third kappa shape index (κ3) is 2.96. The van der Waals surface area contributed by atoms with Gasteiger partial charge in [-0.05, 0) is 50.8 Å². The van der Waals surface area contributed by atoms with Crippen molar-refractivity contribution in [3.63, 3.8) is 0 Å². The molecule has 1 aliphatic rings. The van der Waals surface area contributed by atoms with Crippen molar-refractivity contribution in [1.29, 1.82) is 0 Å². The maximum atomic E-state index is 12.6. The first-order valence-corrected chi connectivity index (χ1v) is 8.62. The summed E-state index contributed by atoms with van der Waals surface area (Å²) in [6, 6.07) is 1.21. The van der Waals surface area contributed by atoms with Crippen LogP contribution in [0.4, 0.5) is 0 Å². The van der Waals surface area contributed by atoms with E-state index < -0.39 is 12.0 Å². The number of benzene rings is 1. The Morgan fingerprint density at radius 3 is 2.77 bits per heavy atom. The van der Waals surface area contributed by atoms with Crippen LogP contribution in [0, 0.1) is 13.8 Å². The lowest BCUT2D eigenvalue weighted by Crippen LogP contribution is -2.39. The van der Waals surface area contributed by atoms with Crippen LogP contribution in [0.1, 0.15) is 36.5 Å². The number of rotatable bonds is 4. The summed E-state index contributed by atoms with van der Waals surface area (Å²) in [5.74, 6) is -0.577. The maximum Gasteiger partial charge on any atom is 0.326 e. The Kier molecular flexibility index (Phi) is 4.76. The van der Waals surface area contributed by atoms with Crippen molar-refractivity contribution in [2.75, 3.05) is 13.7 Å². The molecular formula is C20H23NO5. The minimum atomic E-state index is -0.953. The monoisotopic (exact) mass is 357 g/mol. The number of allylic oxidation sites excluding steroid dienone is 1. The minimum absolute atomic E-state index is 0.281. The Balaban J connectivity index is 2.02. The van der Waals surface area contributed by atoms with E-state index in [1.165, 1.54) is 11.0 Å². The number of furan rings is 1. The van der Waals surface area contributed by atoms with E-state index in [9.17, 15) is 14.7 Å². The van der Waals surface area contributed by atoms with Crippen molar-refractivity contribution in [2.45, 2.75) is 39.7 Å². The molecule has 1 unspecified atom stereocenters. The fourth-order valence-corrected chi connectivity index (χ4v) is 3.63. The van der Waals surface area contributed by atoms with Gasteiger partial charge in [0, 0.05) is 29.1 Å². The van der Waals surface area contributed by atoms with Crippen LogP contribution in [-0.2, 0) is 9.59 Å². The predicted molar refractivity (Wildman–Crippen MR) is 98.3 cm³/mol. The number of carbonyl (C=O) groups excluding carboxylic acids is 1. The molecule has 6 heteroatoms. The smallest absolute Gasteiger partial charge is 0.326 e. The van der Waals surface area contributed by atoms with Gasteiger partial charge in [-0.25, -0.2) is 4.79 Å². The average molecular weight is 357 g/mol. The van der Waals surface area contributed by atoms with Crippen molar-refractivity contribution in [1.82, 2.24) is 4.90 Å². The van der Waals surface area contributed by atoms with E-state index in [4.69, 9.17) is 9.15 Å². The van der Waals surface area contributed by atoms with Crippen LogP contribution in [0.15, 0.2) is 22.8 Å². The predicted octanol–water partition coefficient (Wildman–Crippen LogP) is 3.54. The lowest BCUT2D eigenvalue weighted by Gasteiger charge is -2.20. The Labute approximate surface area is 152 Å². The molecule has 0 aliphatic carbocycles. The zero-order valence-corrected chi connectivity index (χ0v) is 15.5. The number of hydrogen-bond donors (Lipinski definition) is 1. The van der Waals surface area contributed by atoms with E-state index in [1.807, 2.05) is 26.8 Å². The summed E-state index contributed by atoms with van der Waals surface area (Å²) in [4.78, 5) is 25.4. The highest BCUT2D eigenvalue weighted by Gasteiger charge is 2.33. The molecule has 1 aliphatic heterocycles. The SMILES string of the molecule is COc1c(/C(C)=C/C(=O)N2CCCC2C(=O)O)cc2c(C)coc2c1C. The van der Waals surface area contributed by atoms with Gasteiger partial charge in [-0.15, -0.1) is 0 Å². The van der Waals surface area contributed by atoms with E-state index in [1.54, 1.807) is 13.4 Å². The van der Waals surface area contributed by atoms with Gasteiger partial charge in [0.2, 0.25) is 5.91 Å². The second kappa shape index (κ2) is 6.86. The van der Waals surface area contributed by atoms with E-state index in [-0.39, 0.29) is 5.91 Å². The number of hydrogen-bond acceptors (Lipinski definition) is 4. The second-order valence-electron chi connectivity index (χ2n) is 6.73. The number of carboxylic acids is 1. The summed E-state index contributed by atoms with van der Waals surface area (Å²) in [5.41, 5.74) is 4.19. The average Bonchev–Trinajstić information content (AvgIpc) is 3.22. The molecule has 3 rings (SSSR count). The Morgan fingerprint density at radius 2 is 2.12 bits per heavy atom. The molecular weight excluding hydrogens is 334 g/mol. The molecule has 0 spiro atoms. The summed E-state index contributed by atoms with van der Waals surface area (Å²) in [6.45, 7) is 6.19. The molecule has 1 aromatic heterocycles. The molecule has 1 fully saturated rings. The van der Waals surface area contributed by atoms with Crippen molar-refractivity contribution in [3.8, 4) is 5.75 Å². The molecule has 1 aromatic carbocycles. The lowest BCUT2D eigenvalue weighted by molar-refractivity contribution is -0.146. The first-order chi connectivity index (χ1) is 12.3. The number of aliphatic carboxylic acids is 1. The van der Waals surface area contributed by atoms with Crippen LogP contribution in [0.3, 0.4) is 0 Å². The first kappa shape index (κ1) is 18.0. The van der Waals surface area contributed by atoms with E-state index >= 15 is 0 Å². The molecule has 2 heterocycles. The molecule has 138 valence electrons. The molecule has 0 saturated carbocycles. The molecule has 1 saturated heterocycles. The van der Waals surface area contributed by atoms with Crippen LogP contribution in [0.25, 0.3) is 16.5 Å². The molecule has 1 amide bonds. The number of carboxylic acid groups (broad SMARTS) is 1. The molecule has 26 heavy (non-hydrogen) atoms. The van der Waals surface area contributed by atoms with Gasteiger partial charge >= 0.3 is 5.97 Å². The minimum Gasteiger partial charge on any atom is -0.496 e. The van der Waals surface area contributed by atoms with Crippen LogP contribution >= 0.6 is 0 Å². The number of ether oxygens (including phenoxy) is 1. The normalized spacial score (nSPS) is 17.8. The van der Waals surface area contributed by atoms with E-state index in [0.717, 1.165) is 33.2 Å². The third-order valence-corrected chi connectivity index (χ3v) is 5.03. The highest BCUT2D eigenvalue weighted by atomic mass is 16.5. The largest absolute Gasteiger partial charge is 0.496 e. The van der Waals surface area contributed by atoms with Crippen molar-refractivity contribution in [3.05, 3.63) is 35.1 Å². The molecule has 1 N–H and O–H groups in total. The maximum absolute atomic E-state index is 12.6. The van der Waals surface area contributed by atoms with Crippen molar-refractivity contribution in [2.24, 2.45) is 0 Å². The summed E-state index contributed by atoms with van der Waals surface area (Å²) in [5, 5.41) is 10.3. The first-order valence-electron chi connectivity index (χ1n) is 8.62. The molecule has 6 nitrogen and oxygen atoms in total. The van der Waals surface area contributed by atoms with Gasteiger partial charge in [0.05, 0.1) is 13.4 Å². The number of nitrogens with zero attached hydrogens (tertiary/aromatic N) is 1. The highest BCUT2D eigenvalue weighted by molar-refractivity contribution is 5.99. The topological polar surface area (TPSA) is 80.0 Å². The molecule has 0 radical (unpaired) electrons. The molecule has 2 aromatic rings. The zero-order valence-electron chi connectivity index (χ0n) is 15.5. The van der Waals surface area contributed by atoms with Gasteiger partial charge in [0.1, 0.15) is 17.4 Å². The zero-order chi connectivity index (χ0) is 19.0. The number of carbonyl (C=O) groups is 2. The van der Waals surface area contributed by atoms with E-state index in [0.29, 0.717) is 25.1 Å². The van der Waals surface area contributed by atoms with Crippen LogP contribution in [-0.4, -0.2) is 41.6 Å². The summed E-state index contributed by atoms with van der Waals surface area (Å²) in [6.07, 6.45) is 4.40. The van der Waals surface area contributed by atoms with Crippen LogP contribution in [0.2, 0.25) is 0 Å². The van der Waals surface area contributed by atoms with Gasteiger partial charge in [0.25, 0.3) is 0 Å². The highest BCUT2D eigenvalue weighted by Crippen LogP contribution is 2.37. The quantitative estimate of drug-likeness (QED) is 0.847. The Hall–Kier alpha value is -2.76. The van der Waals surface area contributed by atoms with Crippen LogP contribution in [0.5, 0.6) is 5.75 Å². The van der Waals surface area contributed by atoms with Gasteiger partial charge in [-0.1, -0.05) is 0 Å². The number of methoxy groups -OCH3 is 1. The van der Waals surface area contributed by atoms with Gasteiger partial charge in [-0.3, -0.25) is 4.79 Å². The van der Waals surface area contributed by atoms with Crippen molar-refractivity contribution < 1.29 is 23.8 Å². The van der Waals surface area contributed by atoms with Crippen LogP contribution < -0.4 is 4.74 Å². The lowest BCUT2D eigenvalue weighted by atomic mass is 9.98. The number of fused-ring (bicyclic) bond motifs is 1. The van der Waals surface area contributed by atoms with E-state index in [2.05, 4.69) is 0 Å². The standard InChI is InChI=1S/C20H23NO5/c1-11(8-17(22)21-7-5-6-16(21)20(23)24)14-9-15-12(2)10-26-19(15)13(3)18(14)25-4/h8-10,16H,5-7H2,1-4H3,(H,23,24)/b11-8+. The van der Waals surface area contributed by atoms with Gasteiger partial charge in [0.15, 0.2) is 0 Å². The molecule has 0 bridgehead atoms. The Morgan fingerprint density at radius 1 is 1.38 bits per heavy atom. The number of likely N-dealkylation sites (tertiary alicyclic amines) is 1. The Bertz CT molecular complexity index is 909. The fraction of sp³-hybridized carbons (Fsp3) is 0.400. The number of amides is 1.